The van der Waals surface area contributed by atoms with Crippen LogP contribution in [-0.4, -0.2) is 0 Å². The number of hydrogen-bond donors (Lipinski definition) is 0. The molecule has 3 aromatic rings. The number of rotatable bonds is 1. The van der Waals surface area contributed by atoms with Gasteiger partial charge in [0.25, 0.3) is 0 Å². The van der Waals surface area contributed by atoms with Crippen molar-refractivity contribution in [2.24, 2.45) is 0 Å². The van der Waals surface area contributed by atoms with Gasteiger partial charge in [0.2, 0.25) is 0 Å². The third-order valence-corrected chi connectivity index (χ3v) is 5.06. The first-order chi connectivity index (χ1) is 10.0. The van der Waals surface area contributed by atoms with Crippen molar-refractivity contribution in [2.75, 3.05) is 0 Å². The van der Waals surface area contributed by atoms with Crippen molar-refractivity contribution < 1.29 is 0 Å². The van der Waals surface area contributed by atoms with E-state index in [1.807, 2.05) is 0 Å². The summed E-state index contributed by atoms with van der Waals surface area (Å²) in [5, 5.41) is 2.65. The largest absolute Gasteiger partial charge is 0.0616 e. The molecule has 0 nitrogen and oxygen atoms in total. The van der Waals surface area contributed by atoms with Crippen LogP contribution in [-0.2, 0) is 0 Å². The lowest BCUT2D eigenvalue weighted by molar-refractivity contribution is 1.18. The van der Waals surface area contributed by atoms with Crippen LogP contribution in [0.3, 0.4) is 0 Å². The van der Waals surface area contributed by atoms with Crippen molar-refractivity contribution in [3.8, 4) is 11.1 Å². The first-order valence-electron chi connectivity index (χ1n) is 7.57. The monoisotopic (exact) mass is 274 g/mol. The Morgan fingerprint density at radius 1 is 0.524 bits per heavy atom. The summed E-state index contributed by atoms with van der Waals surface area (Å²) in [5.74, 6) is 0. The summed E-state index contributed by atoms with van der Waals surface area (Å²) >= 11 is 0. The molecule has 0 aliphatic carbocycles. The maximum absolute atomic E-state index is 2.26. The molecule has 0 saturated heterocycles. The van der Waals surface area contributed by atoms with Crippen LogP contribution >= 0.6 is 0 Å². The molecule has 0 aliphatic heterocycles. The van der Waals surface area contributed by atoms with E-state index >= 15 is 0 Å². The van der Waals surface area contributed by atoms with Gasteiger partial charge in [-0.2, -0.15) is 0 Å². The van der Waals surface area contributed by atoms with Gasteiger partial charge < -0.3 is 0 Å². The summed E-state index contributed by atoms with van der Waals surface area (Å²) in [5.41, 5.74) is 9.84. The second-order valence-corrected chi connectivity index (χ2v) is 6.03. The highest BCUT2D eigenvalue weighted by atomic mass is 14.2. The highest BCUT2D eigenvalue weighted by Crippen LogP contribution is 2.37. The summed E-state index contributed by atoms with van der Waals surface area (Å²) < 4.78 is 0. The van der Waals surface area contributed by atoms with Gasteiger partial charge in [0.1, 0.15) is 0 Å². The summed E-state index contributed by atoms with van der Waals surface area (Å²) in [4.78, 5) is 0. The van der Waals surface area contributed by atoms with Gasteiger partial charge in [-0.15, -0.1) is 0 Å². The van der Waals surface area contributed by atoms with E-state index in [1.54, 1.807) is 0 Å². The number of hydrogen-bond acceptors (Lipinski definition) is 0. The van der Waals surface area contributed by atoms with Crippen LogP contribution in [0.2, 0.25) is 0 Å². The molecule has 3 rings (SSSR count). The Morgan fingerprint density at radius 2 is 1.05 bits per heavy atom. The molecule has 0 spiro atoms. The van der Waals surface area contributed by atoms with Gasteiger partial charge in [-0.25, -0.2) is 0 Å². The summed E-state index contributed by atoms with van der Waals surface area (Å²) in [7, 11) is 0. The van der Waals surface area contributed by atoms with E-state index in [0.717, 1.165) is 0 Å². The van der Waals surface area contributed by atoms with Crippen molar-refractivity contribution >= 4 is 10.8 Å². The molecule has 0 aliphatic rings. The molecule has 0 saturated carbocycles. The lowest BCUT2D eigenvalue weighted by Crippen LogP contribution is -1.99. The molecule has 0 radical (unpaired) electrons. The molecule has 0 N–H and O–H groups in total. The minimum atomic E-state index is 1.31. The SMILES string of the molecule is Cc1c(C)c(C)c(-c2cccc3ccccc23)c(C)c1C. The third kappa shape index (κ3) is 2.06. The number of benzene rings is 3. The predicted octanol–water partition coefficient (Wildman–Crippen LogP) is 6.05. The van der Waals surface area contributed by atoms with Crippen molar-refractivity contribution in [3.63, 3.8) is 0 Å². The van der Waals surface area contributed by atoms with Gasteiger partial charge in [0, 0.05) is 0 Å². The Kier molecular flexibility index (Phi) is 3.33. The zero-order valence-electron chi connectivity index (χ0n) is 13.5. The van der Waals surface area contributed by atoms with E-state index in [0.29, 0.717) is 0 Å². The standard InChI is InChI=1S/C21H22/c1-13-14(2)16(4)21(17(5)15(13)3)20-12-8-10-18-9-6-7-11-19(18)20/h6-12H,1-5H3. The molecule has 0 heterocycles. The first-order valence-corrected chi connectivity index (χ1v) is 7.57. The molecule has 3 aromatic carbocycles. The Balaban J connectivity index is 2.44. The van der Waals surface area contributed by atoms with Crippen molar-refractivity contribution in [1.29, 1.82) is 0 Å². The van der Waals surface area contributed by atoms with E-state index in [4.69, 9.17) is 0 Å². The molecule has 106 valence electrons. The second-order valence-electron chi connectivity index (χ2n) is 6.03. The fourth-order valence-corrected chi connectivity index (χ4v) is 3.35. The Hall–Kier alpha value is -2.08. The van der Waals surface area contributed by atoms with Crippen LogP contribution in [0.5, 0.6) is 0 Å². The average molecular weight is 274 g/mol. The van der Waals surface area contributed by atoms with Crippen LogP contribution in [0.15, 0.2) is 42.5 Å². The van der Waals surface area contributed by atoms with Crippen LogP contribution in [0.1, 0.15) is 27.8 Å². The van der Waals surface area contributed by atoms with Gasteiger partial charge in [-0.05, 0) is 84.3 Å². The quantitative estimate of drug-likeness (QED) is 0.507. The molecular weight excluding hydrogens is 252 g/mol. The van der Waals surface area contributed by atoms with E-state index in [2.05, 4.69) is 77.1 Å². The number of fused-ring (bicyclic) bond motifs is 1. The van der Waals surface area contributed by atoms with E-state index in [9.17, 15) is 0 Å². The van der Waals surface area contributed by atoms with Crippen LogP contribution in [0, 0.1) is 34.6 Å². The van der Waals surface area contributed by atoms with Gasteiger partial charge >= 0.3 is 0 Å². The summed E-state index contributed by atoms with van der Waals surface area (Å²) in [6.45, 7) is 11.2. The molecular formula is C21H22. The van der Waals surface area contributed by atoms with E-state index in [1.165, 1.54) is 49.7 Å². The predicted molar refractivity (Wildman–Crippen MR) is 93.1 cm³/mol. The van der Waals surface area contributed by atoms with Crippen molar-refractivity contribution in [1.82, 2.24) is 0 Å². The minimum Gasteiger partial charge on any atom is -0.0616 e. The lowest BCUT2D eigenvalue weighted by atomic mass is 9.85. The molecule has 0 atom stereocenters. The highest BCUT2D eigenvalue weighted by Gasteiger charge is 2.15. The van der Waals surface area contributed by atoms with Gasteiger partial charge in [0.15, 0.2) is 0 Å². The zero-order chi connectivity index (χ0) is 15.1. The maximum Gasteiger partial charge on any atom is -0.00999 e. The topological polar surface area (TPSA) is 0 Å². The fraction of sp³-hybridized carbons (Fsp3) is 0.238. The van der Waals surface area contributed by atoms with Crippen LogP contribution in [0.4, 0.5) is 0 Å². The van der Waals surface area contributed by atoms with E-state index < -0.39 is 0 Å². The average Bonchev–Trinajstić information content (AvgIpc) is 2.51. The maximum atomic E-state index is 2.26. The Bertz CT molecular complexity index is 804. The molecule has 0 heteroatoms. The Labute approximate surface area is 127 Å². The Morgan fingerprint density at radius 3 is 1.71 bits per heavy atom. The molecule has 0 fully saturated rings. The minimum absolute atomic E-state index is 1.31. The molecule has 21 heavy (non-hydrogen) atoms. The highest BCUT2D eigenvalue weighted by molar-refractivity contribution is 5.98. The third-order valence-electron chi connectivity index (χ3n) is 5.06. The summed E-state index contributed by atoms with van der Waals surface area (Å²) in [6, 6.07) is 15.3. The smallest absolute Gasteiger partial charge is 0.00999 e. The van der Waals surface area contributed by atoms with Crippen LogP contribution in [0.25, 0.3) is 21.9 Å². The van der Waals surface area contributed by atoms with Gasteiger partial charge in [0.05, 0.1) is 0 Å². The van der Waals surface area contributed by atoms with Crippen molar-refractivity contribution in [3.05, 3.63) is 70.3 Å². The van der Waals surface area contributed by atoms with Gasteiger partial charge in [-0.3, -0.25) is 0 Å². The normalized spacial score (nSPS) is 11.1. The zero-order valence-corrected chi connectivity index (χ0v) is 13.5. The molecule has 0 aromatic heterocycles. The lowest BCUT2D eigenvalue weighted by Gasteiger charge is -2.20. The molecule has 0 bridgehead atoms. The second kappa shape index (κ2) is 5.04. The molecule has 0 amide bonds. The first kappa shape index (κ1) is 13.9. The van der Waals surface area contributed by atoms with Gasteiger partial charge in [-0.1, -0.05) is 42.5 Å². The van der Waals surface area contributed by atoms with Crippen molar-refractivity contribution in [2.45, 2.75) is 34.6 Å². The summed E-state index contributed by atoms with van der Waals surface area (Å²) in [6.07, 6.45) is 0. The molecule has 0 unspecified atom stereocenters. The fourth-order valence-electron chi connectivity index (χ4n) is 3.35. The van der Waals surface area contributed by atoms with Crippen LogP contribution < -0.4 is 0 Å². The van der Waals surface area contributed by atoms with E-state index in [-0.39, 0.29) is 0 Å².